The predicted octanol–water partition coefficient (Wildman–Crippen LogP) is 1.80. The number of halogens is 2. The van der Waals surface area contributed by atoms with Crippen LogP contribution in [0.25, 0.3) is 0 Å². The molecule has 29 heavy (non-hydrogen) atoms. The molecular weight excluding hydrogens is 380 g/mol. The molecule has 0 bridgehead atoms. The van der Waals surface area contributed by atoms with E-state index in [2.05, 4.69) is 5.32 Å². The van der Waals surface area contributed by atoms with Crippen molar-refractivity contribution in [2.45, 2.75) is 43.6 Å². The highest BCUT2D eigenvalue weighted by atomic mass is 19.1. The van der Waals surface area contributed by atoms with E-state index in [4.69, 9.17) is 0 Å². The Morgan fingerprint density at radius 2 is 1.86 bits per heavy atom. The Kier molecular flexibility index (Phi) is 5.04. The fourth-order valence-electron chi connectivity index (χ4n) is 5.07. The van der Waals surface area contributed by atoms with Gasteiger partial charge in [-0.25, -0.2) is 8.78 Å². The highest BCUT2D eigenvalue weighted by Gasteiger charge is 2.51. The molecule has 3 amide bonds. The minimum Gasteiger partial charge on any atom is -0.348 e. The topological polar surface area (TPSA) is 69.7 Å². The van der Waals surface area contributed by atoms with Gasteiger partial charge < -0.3 is 15.1 Å². The maximum atomic E-state index is 13.9. The largest absolute Gasteiger partial charge is 0.348 e. The molecule has 3 atom stereocenters. The van der Waals surface area contributed by atoms with E-state index < -0.39 is 29.0 Å². The Morgan fingerprint density at radius 3 is 2.52 bits per heavy atom. The first kappa shape index (κ1) is 19.8. The molecule has 3 heterocycles. The van der Waals surface area contributed by atoms with Crippen LogP contribution in [0, 0.1) is 17.6 Å². The van der Waals surface area contributed by atoms with Crippen molar-refractivity contribution in [3.05, 3.63) is 35.4 Å². The van der Waals surface area contributed by atoms with Gasteiger partial charge in [0.25, 0.3) is 0 Å². The zero-order valence-corrected chi connectivity index (χ0v) is 16.4. The van der Waals surface area contributed by atoms with Crippen molar-refractivity contribution in [3.8, 4) is 0 Å². The number of likely N-dealkylation sites (tertiary alicyclic amines) is 2. The average molecular weight is 405 g/mol. The molecule has 1 aromatic rings. The minimum atomic E-state index is -0.752. The van der Waals surface area contributed by atoms with E-state index >= 15 is 0 Å². The van der Waals surface area contributed by atoms with Crippen molar-refractivity contribution in [1.82, 2.24) is 15.1 Å². The van der Waals surface area contributed by atoms with Crippen molar-refractivity contribution in [2.75, 3.05) is 26.7 Å². The van der Waals surface area contributed by atoms with Crippen LogP contribution in [0.1, 0.15) is 43.6 Å². The Labute approximate surface area is 168 Å². The zero-order valence-electron chi connectivity index (χ0n) is 16.4. The molecule has 1 N–H and O–H groups in total. The van der Waals surface area contributed by atoms with Crippen LogP contribution < -0.4 is 5.32 Å². The van der Waals surface area contributed by atoms with E-state index in [1.54, 1.807) is 16.8 Å². The number of benzene rings is 1. The van der Waals surface area contributed by atoms with Crippen LogP contribution in [-0.2, 0) is 14.4 Å². The van der Waals surface area contributed by atoms with E-state index in [-0.39, 0.29) is 37.2 Å². The van der Waals surface area contributed by atoms with Gasteiger partial charge in [0.15, 0.2) is 0 Å². The molecule has 1 spiro atoms. The molecular formula is C21H25F2N3O3. The predicted molar refractivity (Wildman–Crippen MR) is 101 cm³/mol. The quantitative estimate of drug-likeness (QED) is 0.816. The van der Waals surface area contributed by atoms with E-state index in [0.29, 0.717) is 24.9 Å². The summed E-state index contributed by atoms with van der Waals surface area (Å²) >= 11 is 0. The second-order valence-electron chi connectivity index (χ2n) is 8.56. The summed E-state index contributed by atoms with van der Waals surface area (Å²) < 4.78 is 27.9. The van der Waals surface area contributed by atoms with Gasteiger partial charge in [0.1, 0.15) is 11.6 Å². The SMILES string of the molecule is CN1CC(C(=O)N2C[C@@H](c3cc(F)cc(F)c3)[C@@]3(CCCCC(=O)N3)C2)CC1=O. The third kappa shape index (κ3) is 3.72. The van der Waals surface area contributed by atoms with Gasteiger partial charge in [-0.05, 0) is 30.5 Å². The summed E-state index contributed by atoms with van der Waals surface area (Å²) in [4.78, 5) is 40.6. The first-order chi connectivity index (χ1) is 13.8. The Balaban J connectivity index is 1.66. The third-order valence-corrected chi connectivity index (χ3v) is 6.50. The molecule has 3 aliphatic rings. The Bertz CT molecular complexity index is 841. The molecule has 8 heteroatoms. The van der Waals surface area contributed by atoms with Crippen molar-refractivity contribution < 1.29 is 23.2 Å². The van der Waals surface area contributed by atoms with Gasteiger partial charge in [-0.15, -0.1) is 0 Å². The summed E-state index contributed by atoms with van der Waals surface area (Å²) in [6.45, 7) is 0.915. The van der Waals surface area contributed by atoms with Crippen molar-refractivity contribution in [3.63, 3.8) is 0 Å². The fraction of sp³-hybridized carbons (Fsp3) is 0.571. The lowest BCUT2D eigenvalue weighted by atomic mass is 9.79. The number of nitrogens with one attached hydrogen (secondary N) is 1. The molecule has 156 valence electrons. The number of amides is 3. The first-order valence-corrected chi connectivity index (χ1v) is 10.1. The van der Waals surface area contributed by atoms with E-state index in [1.165, 1.54) is 12.1 Å². The van der Waals surface area contributed by atoms with Gasteiger partial charge in [0.2, 0.25) is 17.7 Å². The maximum absolute atomic E-state index is 13.9. The van der Waals surface area contributed by atoms with Crippen LogP contribution in [0.4, 0.5) is 8.78 Å². The second-order valence-corrected chi connectivity index (χ2v) is 8.56. The molecule has 3 aliphatic heterocycles. The number of hydrogen-bond acceptors (Lipinski definition) is 3. The molecule has 0 aliphatic carbocycles. The molecule has 0 saturated carbocycles. The molecule has 3 saturated heterocycles. The summed E-state index contributed by atoms with van der Waals surface area (Å²) in [5.74, 6) is -2.49. The number of hydrogen-bond donors (Lipinski definition) is 1. The normalized spacial score (nSPS) is 30.0. The van der Waals surface area contributed by atoms with E-state index in [0.717, 1.165) is 18.9 Å². The van der Waals surface area contributed by atoms with Gasteiger partial charge >= 0.3 is 0 Å². The minimum absolute atomic E-state index is 0.0659. The molecule has 0 radical (unpaired) electrons. The summed E-state index contributed by atoms with van der Waals surface area (Å²) in [5.41, 5.74) is -0.308. The third-order valence-electron chi connectivity index (χ3n) is 6.50. The van der Waals surface area contributed by atoms with Gasteiger partial charge in [0, 0.05) is 51.5 Å². The van der Waals surface area contributed by atoms with Crippen molar-refractivity contribution in [2.24, 2.45) is 5.92 Å². The summed E-state index contributed by atoms with van der Waals surface area (Å²) in [6.07, 6.45) is 2.74. The van der Waals surface area contributed by atoms with Crippen LogP contribution in [0.5, 0.6) is 0 Å². The standard InChI is InChI=1S/C21H25F2N3O3/c1-25-10-14(8-19(25)28)20(29)26-11-17(13-6-15(22)9-16(23)7-13)21(12-26)5-3-2-4-18(27)24-21/h6-7,9,14,17H,2-5,8,10-12H2,1H3,(H,24,27)/t14?,17-,21+/m0/s1. The monoisotopic (exact) mass is 405 g/mol. The van der Waals surface area contributed by atoms with Gasteiger partial charge in [-0.2, -0.15) is 0 Å². The molecule has 0 aromatic heterocycles. The number of rotatable bonds is 2. The van der Waals surface area contributed by atoms with Crippen molar-refractivity contribution in [1.29, 1.82) is 0 Å². The second kappa shape index (κ2) is 7.39. The molecule has 6 nitrogen and oxygen atoms in total. The smallest absolute Gasteiger partial charge is 0.228 e. The van der Waals surface area contributed by atoms with Crippen LogP contribution in [-0.4, -0.2) is 59.7 Å². The average Bonchev–Trinajstić information content (AvgIpc) is 3.11. The highest BCUT2D eigenvalue weighted by Crippen LogP contribution is 2.42. The summed E-state index contributed by atoms with van der Waals surface area (Å²) in [7, 11) is 1.67. The lowest BCUT2D eigenvalue weighted by Gasteiger charge is -2.34. The molecule has 3 fully saturated rings. The Hall–Kier alpha value is -2.51. The fourth-order valence-corrected chi connectivity index (χ4v) is 5.07. The lowest BCUT2D eigenvalue weighted by Crippen LogP contribution is -2.53. The van der Waals surface area contributed by atoms with Crippen LogP contribution in [0.2, 0.25) is 0 Å². The maximum Gasteiger partial charge on any atom is 0.228 e. The van der Waals surface area contributed by atoms with Crippen LogP contribution >= 0.6 is 0 Å². The first-order valence-electron chi connectivity index (χ1n) is 10.1. The van der Waals surface area contributed by atoms with E-state index in [1.807, 2.05) is 0 Å². The molecule has 1 aromatic carbocycles. The number of carbonyl (C=O) groups excluding carboxylic acids is 3. The van der Waals surface area contributed by atoms with Crippen LogP contribution in [0.15, 0.2) is 18.2 Å². The summed E-state index contributed by atoms with van der Waals surface area (Å²) in [6, 6.07) is 3.39. The van der Waals surface area contributed by atoms with Gasteiger partial charge in [-0.1, -0.05) is 6.42 Å². The molecule has 4 rings (SSSR count). The molecule has 1 unspecified atom stereocenters. The van der Waals surface area contributed by atoms with E-state index in [9.17, 15) is 23.2 Å². The Morgan fingerprint density at radius 1 is 1.14 bits per heavy atom. The van der Waals surface area contributed by atoms with Gasteiger partial charge in [0.05, 0.1) is 11.5 Å². The van der Waals surface area contributed by atoms with Crippen molar-refractivity contribution >= 4 is 17.7 Å². The summed E-state index contributed by atoms with van der Waals surface area (Å²) in [5, 5.41) is 3.08. The number of nitrogens with zero attached hydrogens (tertiary/aromatic N) is 2. The lowest BCUT2D eigenvalue weighted by molar-refractivity contribution is -0.135. The van der Waals surface area contributed by atoms with Gasteiger partial charge in [-0.3, -0.25) is 14.4 Å². The highest BCUT2D eigenvalue weighted by molar-refractivity contribution is 5.89. The zero-order chi connectivity index (χ0) is 20.8. The number of carbonyl (C=O) groups is 3. The van der Waals surface area contributed by atoms with Crippen LogP contribution in [0.3, 0.4) is 0 Å².